The van der Waals surface area contributed by atoms with Gasteiger partial charge in [0.1, 0.15) is 5.75 Å². The molecule has 3 aromatic carbocycles. The topological polar surface area (TPSA) is 69.9 Å². The van der Waals surface area contributed by atoms with Crippen molar-refractivity contribution in [3.63, 3.8) is 0 Å². The van der Waals surface area contributed by atoms with Crippen LogP contribution in [-0.2, 0) is 9.53 Å². The zero-order valence-corrected chi connectivity index (χ0v) is 20.7. The first-order valence-electron chi connectivity index (χ1n) is 11.6. The fourth-order valence-electron chi connectivity index (χ4n) is 4.24. The maximum absolute atomic E-state index is 13.8. The molecule has 0 amide bonds. The van der Waals surface area contributed by atoms with Crippen molar-refractivity contribution in [1.29, 1.82) is 0 Å². The first-order chi connectivity index (χ1) is 17.6. The minimum absolute atomic E-state index is 0.207. The van der Waals surface area contributed by atoms with Crippen LogP contribution in [0.15, 0.2) is 100 Å². The Morgan fingerprint density at radius 1 is 1.00 bits per heavy atom. The summed E-state index contributed by atoms with van der Waals surface area (Å²) in [5.74, 6) is 0.179. The lowest BCUT2D eigenvalue weighted by atomic mass is 9.93. The van der Waals surface area contributed by atoms with Crippen molar-refractivity contribution in [2.75, 3.05) is 13.7 Å². The highest BCUT2D eigenvalue weighted by Gasteiger charge is 2.35. The SMILES string of the molecule is CCOC(=O)C1=C(c2ccccc2)N=c2s/c(=C\c3ccccc3)c(=O)n2[C@H]1c1ccc(OC)cc1. The van der Waals surface area contributed by atoms with Gasteiger partial charge in [-0.15, -0.1) is 0 Å². The summed E-state index contributed by atoms with van der Waals surface area (Å²) in [6, 6.07) is 25.8. The second-order valence-corrected chi connectivity index (χ2v) is 9.12. The molecule has 7 heteroatoms. The van der Waals surface area contributed by atoms with Crippen molar-refractivity contribution in [1.82, 2.24) is 4.57 Å². The first kappa shape index (κ1) is 23.5. The highest BCUT2D eigenvalue weighted by Crippen LogP contribution is 2.35. The van der Waals surface area contributed by atoms with Crippen molar-refractivity contribution < 1.29 is 14.3 Å². The molecule has 4 aromatic rings. The number of carbonyl (C=O) groups is 1. The lowest BCUT2D eigenvalue weighted by Crippen LogP contribution is -2.40. The second-order valence-electron chi connectivity index (χ2n) is 8.12. The lowest BCUT2D eigenvalue weighted by molar-refractivity contribution is -0.138. The fraction of sp³-hybridized carbons (Fsp3) is 0.138. The van der Waals surface area contributed by atoms with Crippen molar-refractivity contribution in [3.05, 3.63) is 127 Å². The van der Waals surface area contributed by atoms with Gasteiger partial charge in [0, 0.05) is 5.56 Å². The number of esters is 1. The third kappa shape index (κ3) is 4.41. The maximum Gasteiger partial charge on any atom is 0.338 e. The Morgan fingerprint density at radius 2 is 1.67 bits per heavy atom. The highest BCUT2D eigenvalue weighted by atomic mass is 32.1. The van der Waals surface area contributed by atoms with Crippen molar-refractivity contribution in [3.8, 4) is 5.75 Å². The molecule has 2 heterocycles. The molecule has 0 bridgehead atoms. The van der Waals surface area contributed by atoms with Gasteiger partial charge in [-0.1, -0.05) is 84.1 Å². The molecular weight excluding hydrogens is 472 g/mol. The van der Waals surface area contributed by atoms with Crippen molar-refractivity contribution in [2.24, 2.45) is 4.99 Å². The molecule has 0 N–H and O–H groups in total. The molecule has 1 aromatic heterocycles. The van der Waals surface area contributed by atoms with Crippen LogP contribution in [0.25, 0.3) is 11.8 Å². The van der Waals surface area contributed by atoms with E-state index in [1.54, 1.807) is 18.6 Å². The number of carbonyl (C=O) groups excluding carboxylic acids is 1. The predicted molar refractivity (Wildman–Crippen MR) is 140 cm³/mol. The number of nitrogens with zero attached hydrogens (tertiary/aromatic N) is 2. The molecule has 180 valence electrons. The number of ether oxygens (including phenoxy) is 2. The molecule has 1 aliphatic heterocycles. The summed E-state index contributed by atoms with van der Waals surface area (Å²) in [6.07, 6.45) is 1.85. The standard InChI is InChI=1S/C29H24N2O4S/c1-3-35-28(33)24-25(20-12-8-5-9-13-20)30-29-31(26(24)21-14-16-22(34-2)17-15-21)27(32)23(36-29)18-19-10-6-4-7-11-19/h4-18,26H,3H2,1-2H3/b23-18-/t26-/m0/s1. The van der Waals surface area contributed by atoms with Crippen LogP contribution in [0.5, 0.6) is 5.75 Å². The van der Waals surface area contributed by atoms with E-state index in [9.17, 15) is 9.59 Å². The van der Waals surface area contributed by atoms with Crippen LogP contribution >= 0.6 is 11.3 Å². The molecule has 0 saturated carbocycles. The number of hydrogen-bond acceptors (Lipinski definition) is 6. The second kappa shape index (κ2) is 10.2. The minimum Gasteiger partial charge on any atom is -0.497 e. The van der Waals surface area contributed by atoms with Crippen LogP contribution in [0.2, 0.25) is 0 Å². The van der Waals surface area contributed by atoms with E-state index in [4.69, 9.17) is 14.5 Å². The Morgan fingerprint density at radius 3 is 2.31 bits per heavy atom. The number of benzene rings is 3. The molecule has 36 heavy (non-hydrogen) atoms. The monoisotopic (exact) mass is 496 g/mol. The van der Waals surface area contributed by atoms with Gasteiger partial charge in [-0.25, -0.2) is 9.79 Å². The van der Waals surface area contributed by atoms with Gasteiger partial charge in [0.2, 0.25) is 0 Å². The summed E-state index contributed by atoms with van der Waals surface area (Å²) < 4.78 is 13.0. The molecule has 0 fully saturated rings. The van der Waals surface area contributed by atoms with Crippen molar-refractivity contribution >= 4 is 29.1 Å². The van der Waals surface area contributed by atoms with Crippen molar-refractivity contribution in [2.45, 2.75) is 13.0 Å². The van der Waals surface area contributed by atoms with Gasteiger partial charge in [0.25, 0.3) is 5.56 Å². The smallest absolute Gasteiger partial charge is 0.338 e. The van der Waals surface area contributed by atoms with Gasteiger partial charge in [0.15, 0.2) is 4.80 Å². The molecule has 1 aliphatic rings. The number of hydrogen-bond donors (Lipinski definition) is 0. The Hall–Kier alpha value is -4.23. The molecule has 1 atom stereocenters. The summed E-state index contributed by atoms with van der Waals surface area (Å²) in [5, 5.41) is 0. The average molecular weight is 497 g/mol. The van der Waals surface area contributed by atoms with Gasteiger partial charge < -0.3 is 9.47 Å². The van der Waals surface area contributed by atoms with Gasteiger partial charge in [0.05, 0.1) is 35.6 Å². The molecule has 5 rings (SSSR count). The van der Waals surface area contributed by atoms with Crippen LogP contribution in [0.3, 0.4) is 0 Å². The lowest BCUT2D eigenvalue weighted by Gasteiger charge is -2.26. The third-order valence-corrected chi connectivity index (χ3v) is 6.89. The van der Waals surface area contributed by atoms with Gasteiger partial charge in [-0.2, -0.15) is 0 Å². The number of aromatic nitrogens is 1. The van der Waals surface area contributed by atoms with Crippen LogP contribution in [0.1, 0.15) is 29.7 Å². The summed E-state index contributed by atoms with van der Waals surface area (Å²) in [5.41, 5.74) is 3.07. The highest BCUT2D eigenvalue weighted by molar-refractivity contribution is 7.07. The largest absolute Gasteiger partial charge is 0.497 e. The Balaban J connectivity index is 1.82. The Kier molecular flexibility index (Phi) is 6.64. The third-order valence-electron chi connectivity index (χ3n) is 5.90. The van der Waals surface area contributed by atoms with Crippen LogP contribution < -0.4 is 19.6 Å². The molecule has 0 spiro atoms. The fourth-order valence-corrected chi connectivity index (χ4v) is 5.24. The Labute approximate surface area is 212 Å². The minimum atomic E-state index is -0.709. The van der Waals surface area contributed by atoms with Crippen LogP contribution in [0.4, 0.5) is 0 Å². The molecule has 0 unspecified atom stereocenters. The van der Waals surface area contributed by atoms with E-state index in [0.717, 1.165) is 16.7 Å². The quantitative estimate of drug-likeness (QED) is 0.379. The first-order valence-corrected chi connectivity index (χ1v) is 12.4. The summed E-state index contributed by atoms with van der Waals surface area (Å²) >= 11 is 1.31. The maximum atomic E-state index is 13.8. The molecule has 6 nitrogen and oxygen atoms in total. The van der Waals surface area contributed by atoms with Gasteiger partial charge in [-0.05, 0) is 36.3 Å². The van der Waals surface area contributed by atoms with Gasteiger partial charge >= 0.3 is 5.97 Å². The van der Waals surface area contributed by atoms with E-state index in [2.05, 4.69) is 0 Å². The normalized spacial score (nSPS) is 15.3. The molecule has 0 radical (unpaired) electrons. The zero-order valence-electron chi connectivity index (χ0n) is 19.9. The number of methoxy groups -OCH3 is 1. The molecular formula is C29H24N2O4S. The zero-order chi connectivity index (χ0) is 25.1. The molecule has 0 saturated heterocycles. The van der Waals surface area contributed by atoms with Gasteiger partial charge in [-0.3, -0.25) is 9.36 Å². The Bertz CT molecular complexity index is 1600. The summed E-state index contributed by atoms with van der Waals surface area (Å²) in [6.45, 7) is 1.97. The van der Waals surface area contributed by atoms with E-state index in [1.807, 2.05) is 91.0 Å². The summed E-state index contributed by atoms with van der Waals surface area (Å²) in [4.78, 5) is 32.6. The van der Waals surface area contributed by atoms with E-state index in [1.165, 1.54) is 11.3 Å². The summed E-state index contributed by atoms with van der Waals surface area (Å²) in [7, 11) is 1.60. The predicted octanol–water partition coefficient (Wildman–Crippen LogP) is 3.94. The van der Waals surface area contributed by atoms with Crippen LogP contribution in [-0.4, -0.2) is 24.3 Å². The average Bonchev–Trinajstić information content (AvgIpc) is 3.23. The number of rotatable bonds is 6. The number of thiazole rings is 1. The number of fused-ring (bicyclic) bond motifs is 1. The van der Waals surface area contributed by atoms with E-state index >= 15 is 0 Å². The van der Waals surface area contributed by atoms with E-state index in [-0.39, 0.29) is 12.2 Å². The van der Waals surface area contributed by atoms with E-state index in [0.29, 0.717) is 26.4 Å². The van der Waals surface area contributed by atoms with Crippen LogP contribution in [0, 0.1) is 0 Å². The molecule has 0 aliphatic carbocycles. The van der Waals surface area contributed by atoms with E-state index < -0.39 is 12.0 Å².